The van der Waals surface area contributed by atoms with Crippen molar-refractivity contribution < 1.29 is 9.53 Å². The number of rotatable bonds is 7. The first-order valence-electron chi connectivity index (χ1n) is 9.54. The molecule has 0 radical (unpaired) electrons. The van der Waals surface area contributed by atoms with E-state index in [2.05, 4.69) is 27.0 Å². The fourth-order valence-electron chi connectivity index (χ4n) is 3.23. The number of methoxy groups -OCH3 is 1. The first-order chi connectivity index (χ1) is 13.2. The molecular formula is C21H28N4O2. The number of benzene rings is 1. The quantitative estimate of drug-likeness (QED) is 0.812. The van der Waals surface area contributed by atoms with Crippen LogP contribution in [-0.4, -0.2) is 62.2 Å². The van der Waals surface area contributed by atoms with E-state index in [9.17, 15) is 4.79 Å². The van der Waals surface area contributed by atoms with Gasteiger partial charge in [-0.1, -0.05) is 19.1 Å². The maximum atomic E-state index is 12.3. The Hall–Kier alpha value is -2.60. The Kier molecular flexibility index (Phi) is 6.65. The first kappa shape index (κ1) is 19.2. The number of anilines is 1. The average molecular weight is 368 g/mol. The second kappa shape index (κ2) is 9.37. The summed E-state index contributed by atoms with van der Waals surface area (Å²) in [5.41, 5.74) is 2.70. The van der Waals surface area contributed by atoms with E-state index in [1.54, 1.807) is 13.3 Å². The van der Waals surface area contributed by atoms with E-state index in [4.69, 9.17) is 4.74 Å². The number of likely N-dealkylation sites (N-methyl/N-ethyl adjacent to an activating group) is 1. The lowest BCUT2D eigenvalue weighted by Gasteiger charge is -2.35. The van der Waals surface area contributed by atoms with Crippen molar-refractivity contribution in [2.24, 2.45) is 0 Å². The van der Waals surface area contributed by atoms with Crippen LogP contribution < -0.4 is 15.0 Å². The Balaban J connectivity index is 1.47. The molecule has 1 saturated heterocycles. The van der Waals surface area contributed by atoms with E-state index in [0.29, 0.717) is 12.2 Å². The van der Waals surface area contributed by atoms with Crippen LogP contribution in [0, 0.1) is 0 Å². The van der Waals surface area contributed by atoms with Gasteiger partial charge in [-0.25, -0.2) is 4.98 Å². The third kappa shape index (κ3) is 5.20. The second-order valence-electron chi connectivity index (χ2n) is 6.68. The van der Waals surface area contributed by atoms with Crippen molar-refractivity contribution in [2.75, 3.05) is 51.3 Å². The van der Waals surface area contributed by atoms with Crippen molar-refractivity contribution in [1.29, 1.82) is 0 Å². The van der Waals surface area contributed by atoms with Crippen LogP contribution in [0.1, 0.15) is 23.0 Å². The van der Waals surface area contributed by atoms with Gasteiger partial charge in [0, 0.05) is 32.7 Å². The summed E-state index contributed by atoms with van der Waals surface area (Å²) < 4.78 is 5.15. The number of nitrogens with zero attached hydrogens (tertiary/aromatic N) is 3. The minimum Gasteiger partial charge on any atom is -0.497 e. The number of carbonyl (C=O) groups is 1. The highest BCUT2D eigenvalue weighted by molar-refractivity contribution is 5.92. The van der Waals surface area contributed by atoms with E-state index in [1.165, 1.54) is 0 Å². The van der Waals surface area contributed by atoms with Gasteiger partial charge in [0.25, 0.3) is 5.91 Å². The summed E-state index contributed by atoms with van der Waals surface area (Å²) in [7, 11) is 1.65. The number of hydrogen-bond acceptors (Lipinski definition) is 5. The maximum absolute atomic E-state index is 12.3. The molecule has 3 rings (SSSR count). The highest BCUT2D eigenvalue weighted by Crippen LogP contribution is 2.16. The zero-order valence-corrected chi connectivity index (χ0v) is 16.1. The van der Waals surface area contributed by atoms with Crippen LogP contribution in [0.4, 0.5) is 5.69 Å². The summed E-state index contributed by atoms with van der Waals surface area (Å²) in [5, 5.41) is 2.94. The molecule has 6 nitrogen and oxygen atoms in total. The van der Waals surface area contributed by atoms with Crippen LogP contribution in [0.25, 0.3) is 0 Å². The Labute approximate surface area is 161 Å². The first-order valence-corrected chi connectivity index (χ1v) is 9.54. The number of amides is 1. The molecule has 6 heteroatoms. The molecule has 1 aliphatic rings. The molecule has 0 saturated carbocycles. The highest BCUT2D eigenvalue weighted by atomic mass is 16.5. The summed E-state index contributed by atoms with van der Waals surface area (Å²) in [6.45, 7) is 8.02. The van der Waals surface area contributed by atoms with Gasteiger partial charge in [0.1, 0.15) is 11.4 Å². The minimum absolute atomic E-state index is 0.133. The summed E-state index contributed by atoms with van der Waals surface area (Å²) in [5.74, 6) is 0.703. The van der Waals surface area contributed by atoms with Crippen molar-refractivity contribution in [1.82, 2.24) is 15.2 Å². The smallest absolute Gasteiger partial charge is 0.269 e. The third-order valence-electron chi connectivity index (χ3n) is 5.02. The molecule has 1 aromatic carbocycles. The van der Waals surface area contributed by atoms with E-state index < -0.39 is 0 Å². The van der Waals surface area contributed by atoms with Gasteiger partial charge in [-0.2, -0.15) is 0 Å². The summed E-state index contributed by atoms with van der Waals surface area (Å²) >= 11 is 0. The Morgan fingerprint density at radius 3 is 2.44 bits per heavy atom. The SMILES string of the molecule is CCN1CCN(c2ccc(C(=O)NCCc3ccc(OC)cc3)nc2)CC1. The van der Waals surface area contributed by atoms with Crippen LogP contribution >= 0.6 is 0 Å². The minimum atomic E-state index is -0.133. The van der Waals surface area contributed by atoms with Crippen LogP contribution in [0.2, 0.25) is 0 Å². The second-order valence-corrected chi connectivity index (χ2v) is 6.68. The molecule has 144 valence electrons. The average Bonchev–Trinajstić information content (AvgIpc) is 2.74. The third-order valence-corrected chi connectivity index (χ3v) is 5.02. The molecule has 0 spiro atoms. The monoisotopic (exact) mass is 368 g/mol. The zero-order valence-electron chi connectivity index (χ0n) is 16.1. The lowest BCUT2D eigenvalue weighted by Crippen LogP contribution is -2.46. The topological polar surface area (TPSA) is 57.7 Å². The van der Waals surface area contributed by atoms with Crippen LogP contribution in [-0.2, 0) is 6.42 Å². The molecular weight excluding hydrogens is 340 g/mol. The lowest BCUT2D eigenvalue weighted by atomic mass is 10.1. The summed E-state index contributed by atoms with van der Waals surface area (Å²) in [4.78, 5) is 21.4. The van der Waals surface area contributed by atoms with E-state index in [-0.39, 0.29) is 5.91 Å². The summed E-state index contributed by atoms with van der Waals surface area (Å²) in [6.07, 6.45) is 2.58. The number of carbonyl (C=O) groups excluding carboxylic acids is 1. The number of hydrogen-bond donors (Lipinski definition) is 1. The molecule has 0 atom stereocenters. The van der Waals surface area contributed by atoms with E-state index in [0.717, 1.165) is 56.1 Å². The number of ether oxygens (including phenoxy) is 1. The molecule has 2 heterocycles. The number of piperazine rings is 1. The van der Waals surface area contributed by atoms with Crippen molar-refractivity contribution in [3.63, 3.8) is 0 Å². The van der Waals surface area contributed by atoms with Crippen molar-refractivity contribution in [2.45, 2.75) is 13.3 Å². The molecule has 1 fully saturated rings. The Bertz CT molecular complexity index is 723. The van der Waals surface area contributed by atoms with Crippen molar-refractivity contribution >= 4 is 11.6 Å². The molecule has 1 aromatic heterocycles. The standard InChI is InChI=1S/C21H28N4O2/c1-3-24-12-14-25(15-13-24)18-6-9-20(23-16-18)21(26)22-11-10-17-4-7-19(27-2)8-5-17/h4-9,16H,3,10-15H2,1-2H3,(H,22,26). The van der Waals surface area contributed by atoms with Gasteiger partial charge in [-0.15, -0.1) is 0 Å². The van der Waals surface area contributed by atoms with Crippen LogP contribution in [0.15, 0.2) is 42.6 Å². The Morgan fingerprint density at radius 2 is 1.85 bits per heavy atom. The highest BCUT2D eigenvalue weighted by Gasteiger charge is 2.16. The number of aromatic nitrogens is 1. The largest absolute Gasteiger partial charge is 0.497 e. The Morgan fingerprint density at radius 1 is 1.11 bits per heavy atom. The van der Waals surface area contributed by atoms with Gasteiger partial charge in [0.15, 0.2) is 0 Å². The van der Waals surface area contributed by atoms with Crippen molar-refractivity contribution in [3.05, 3.63) is 53.9 Å². The fraction of sp³-hybridized carbons (Fsp3) is 0.429. The van der Waals surface area contributed by atoms with Gasteiger partial charge < -0.3 is 19.9 Å². The molecule has 1 amide bonds. The number of pyridine rings is 1. The van der Waals surface area contributed by atoms with Crippen LogP contribution in [0.3, 0.4) is 0 Å². The predicted molar refractivity (Wildman–Crippen MR) is 108 cm³/mol. The normalized spacial score (nSPS) is 14.8. The fourth-order valence-corrected chi connectivity index (χ4v) is 3.23. The molecule has 27 heavy (non-hydrogen) atoms. The van der Waals surface area contributed by atoms with Gasteiger partial charge in [-0.3, -0.25) is 4.79 Å². The van der Waals surface area contributed by atoms with Gasteiger partial charge in [-0.05, 0) is 42.8 Å². The van der Waals surface area contributed by atoms with Crippen LogP contribution in [0.5, 0.6) is 5.75 Å². The molecule has 2 aromatic rings. The van der Waals surface area contributed by atoms with Gasteiger partial charge in [0.2, 0.25) is 0 Å². The molecule has 0 unspecified atom stereocenters. The predicted octanol–water partition coefficient (Wildman–Crippen LogP) is 2.20. The zero-order chi connectivity index (χ0) is 19.1. The number of nitrogens with one attached hydrogen (secondary N) is 1. The molecule has 1 aliphatic heterocycles. The lowest BCUT2D eigenvalue weighted by molar-refractivity contribution is 0.0949. The molecule has 0 aliphatic carbocycles. The van der Waals surface area contributed by atoms with E-state index >= 15 is 0 Å². The van der Waals surface area contributed by atoms with Gasteiger partial charge in [0.05, 0.1) is 19.0 Å². The summed E-state index contributed by atoms with van der Waals surface area (Å²) in [6, 6.07) is 11.7. The van der Waals surface area contributed by atoms with Crippen molar-refractivity contribution in [3.8, 4) is 5.75 Å². The molecule has 1 N–H and O–H groups in total. The molecule has 0 bridgehead atoms. The van der Waals surface area contributed by atoms with Gasteiger partial charge >= 0.3 is 0 Å². The maximum Gasteiger partial charge on any atom is 0.269 e. The van der Waals surface area contributed by atoms with E-state index in [1.807, 2.05) is 36.4 Å².